The third-order valence-corrected chi connectivity index (χ3v) is 3.89. The predicted octanol–water partition coefficient (Wildman–Crippen LogP) is 3.92. The van der Waals surface area contributed by atoms with E-state index in [2.05, 4.69) is 35.0 Å². The van der Waals surface area contributed by atoms with Crippen LogP contribution in [0.25, 0.3) is 10.1 Å². The highest BCUT2D eigenvalue weighted by molar-refractivity contribution is 9.08. The molecule has 14 heavy (non-hydrogen) atoms. The van der Waals surface area contributed by atoms with E-state index in [9.17, 15) is 4.79 Å². The number of rotatable bonds is 2. The number of fused-ring (bicyclic) bond motifs is 1. The van der Waals surface area contributed by atoms with Gasteiger partial charge in [-0.25, -0.2) is 0 Å². The Morgan fingerprint density at radius 1 is 1.57 bits per heavy atom. The van der Waals surface area contributed by atoms with E-state index in [0.717, 1.165) is 27.4 Å². The molecule has 0 amide bonds. The smallest absolute Gasteiger partial charge is 0.151 e. The second-order valence-corrected chi connectivity index (χ2v) is 4.66. The summed E-state index contributed by atoms with van der Waals surface area (Å²) in [5, 5.41) is 3.96. The van der Waals surface area contributed by atoms with Crippen LogP contribution >= 0.6 is 27.3 Å². The highest BCUT2D eigenvalue weighted by Gasteiger charge is 2.09. The molecule has 0 N–H and O–H groups in total. The number of aryl methyl sites for hydroxylation is 1. The van der Waals surface area contributed by atoms with Crippen LogP contribution in [0.5, 0.6) is 0 Å². The van der Waals surface area contributed by atoms with Crippen LogP contribution in [-0.4, -0.2) is 6.29 Å². The van der Waals surface area contributed by atoms with Gasteiger partial charge in [0.2, 0.25) is 0 Å². The summed E-state index contributed by atoms with van der Waals surface area (Å²) in [6.07, 6.45) is 0.953. The molecule has 0 aliphatic carbocycles. The minimum absolute atomic E-state index is 0.732. The molecular weight excluding hydrogens is 260 g/mol. The van der Waals surface area contributed by atoms with Crippen LogP contribution in [0.15, 0.2) is 17.5 Å². The molecule has 1 aromatic carbocycles. The topological polar surface area (TPSA) is 17.1 Å². The average Bonchev–Trinajstić information content (AvgIpc) is 2.66. The van der Waals surface area contributed by atoms with Gasteiger partial charge in [-0.05, 0) is 34.9 Å². The minimum atomic E-state index is 0.732. The lowest BCUT2D eigenvalue weighted by Crippen LogP contribution is -1.91. The largest absolute Gasteiger partial charge is 0.298 e. The lowest BCUT2D eigenvalue weighted by atomic mass is 10.0. The van der Waals surface area contributed by atoms with Crippen molar-refractivity contribution in [3.8, 4) is 0 Å². The fourth-order valence-electron chi connectivity index (χ4n) is 1.63. The maximum Gasteiger partial charge on any atom is 0.151 e. The highest BCUT2D eigenvalue weighted by Crippen LogP contribution is 2.30. The Morgan fingerprint density at radius 3 is 3.00 bits per heavy atom. The fraction of sp³-hybridized carbons (Fsp3) is 0.182. The van der Waals surface area contributed by atoms with E-state index in [1.54, 1.807) is 11.3 Å². The van der Waals surface area contributed by atoms with Crippen LogP contribution < -0.4 is 0 Å². The number of hydrogen-bond acceptors (Lipinski definition) is 2. The zero-order chi connectivity index (χ0) is 10.1. The van der Waals surface area contributed by atoms with E-state index < -0.39 is 0 Å². The summed E-state index contributed by atoms with van der Waals surface area (Å²) < 4.78 is 1.11. The number of aldehydes is 1. The van der Waals surface area contributed by atoms with E-state index in [0.29, 0.717) is 0 Å². The summed E-state index contributed by atoms with van der Waals surface area (Å²) in [4.78, 5) is 11.0. The van der Waals surface area contributed by atoms with Crippen LogP contribution in [0.2, 0.25) is 0 Å². The van der Waals surface area contributed by atoms with Crippen LogP contribution in [0, 0.1) is 6.92 Å². The Kier molecular flexibility index (Phi) is 2.70. The normalized spacial score (nSPS) is 10.7. The van der Waals surface area contributed by atoms with Gasteiger partial charge in [0, 0.05) is 15.6 Å². The molecule has 0 fully saturated rings. The van der Waals surface area contributed by atoms with Gasteiger partial charge in [-0.2, -0.15) is 0 Å². The van der Waals surface area contributed by atoms with Crippen LogP contribution in [0.4, 0.5) is 0 Å². The van der Waals surface area contributed by atoms with Gasteiger partial charge in [0.15, 0.2) is 6.29 Å². The predicted molar refractivity (Wildman–Crippen MR) is 64.6 cm³/mol. The van der Waals surface area contributed by atoms with Crippen molar-refractivity contribution in [1.82, 2.24) is 0 Å². The third kappa shape index (κ3) is 1.41. The van der Waals surface area contributed by atoms with Crippen LogP contribution in [0.3, 0.4) is 0 Å². The zero-order valence-corrected chi connectivity index (χ0v) is 10.1. The van der Waals surface area contributed by atoms with Gasteiger partial charge < -0.3 is 0 Å². The molecular formula is C11H9BrOS. The van der Waals surface area contributed by atoms with Crippen molar-refractivity contribution < 1.29 is 4.79 Å². The Balaban J connectivity index is 2.88. The Bertz CT molecular complexity index is 487. The van der Waals surface area contributed by atoms with Crippen molar-refractivity contribution in [1.29, 1.82) is 0 Å². The lowest BCUT2D eigenvalue weighted by Gasteiger charge is -2.05. The molecule has 0 saturated heterocycles. The Hall–Kier alpha value is -0.670. The average molecular weight is 269 g/mol. The van der Waals surface area contributed by atoms with Gasteiger partial charge in [0.05, 0.1) is 0 Å². The molecule has 2 rings (SSSR count). The summed E-state index contributed by atoms with van der Waals surface area (Å²) in [5.74, 6) is 0. The molecule has 0 bridgehead atoms. The van der Waals surface area contributed by atoms with E-state index in [-0.39, 0.29) is 0 Å². The van der Waals surface area contributed by atoms with E-state index in [1.165, 1.54) is 10.9 Å². The van der Waals surface area contributed by atoms with Gasteiger partial charge in [-0.1, -0.05) is 22.0 Å². The molecule has 1 heterocycles. The van der Waals surface area contributed by atoms with Crippen molar-refractivity contribution in [2.24, 2.45) is 0 Å². The monoisotopic (exact) mass is 268 g/mol. The van der Waals surface area contributed by atoms with Crippen LogP contribution in [0.1, 0.15) is 21.5 Å². The number of halogens is 1. The highest BCUT2D eigenvalue weighted by atomic mass is 79.9. The van der Waals surface area contributed by atoms with Crippen molar-refractivity contribution in [2.75, 3.05) is 0 Å². The summed E-state index contributed by atoms with van der Waals surface area (Å²) in [6, 6.07) is 4.15. The summed E-state index contributed by atoms with van der Waals surface area (Å²) in [6.45, 7) is 2.08. The lowest BCUT2D eigenvalue weighted by molar-refractivity contribution is 0.112. The van der Waals surface area contributed by atoms with Crippen LogP contribution in [-0.2, 0) is 5.33 Å². The first-order valence-corrected chi connectivity index (χ1v) is 6.29. The van der Waals surface area contributed by atoms with Crippen molar-refractivity contribution >= 4 is 43.6 Å². The van der Waals surface area contributed by atoms with Crippen molar-refractivity contribution in [2.45, 2.75) is 12.3 Å². The first kappa shape index (κ1) is 9.87. The first-order chi connectivity index (χ1) is 6.77. The molecule has 0 aliphatic rings. The quantitative estimate of drug-likeness (QED) is 0.596. The molecule has 2 aromatic rings. The Morgan fingerprint density at radius 2 is 2.36 bits per heavy atom. The molecule has 0 saturated carbocycles. The maximum absolute atomic E-state index is 11.0. The van der Waals surface area contributed by atoms with Crippen molar-refractivity contribution in [3.05, 3.63) is 34.2 Å². The second-order valence-electron chi connectivity index (χ2n) is 3.18. The number of benzene rings is 1. The zero-order valence-electron chi connectivity index (χ0n) is 7.71. The number of carbonyl (C=O) groups is 1. The fourth-order valence-corrected chi connectivity index (χ4v) is 3.10. The molecule has 0 aliphatic heterocycles. The molecule has 0 atom stereocenters. The number of hydrogen-bond donors (Lipinski definition) is 0. The molecule has 0 unspecified atom stereocenters. The third-order valence-electron chi connectivity index (χ3n) is 2.33. The summed E-state index contributed by atoms with van der Waals surface area (Å²) >= 11 is 5.03. The summed E-state index contributed by atoms with van der Waals surface area (Å²) in [5.41, 5.74) is 3.14. The van der Waals surface area contributed by atoms with E-state index in [4.69, 9.17) is 0 Å². The first-order valence-electron chi connectivity index (χ1n) is 4.28. The standard InChI is InChI=1S/C11H9BrOS/c1-7-4-8(5-12)10(6-13)11-9(7)2-3-14-11/h2-4,6H,5H2,1H3. The Labute approximate surface area is 94.9 Å². The van der Waals surface area contributed by atoms with Gasteiger partial charge in [-0.15, -0.1) is 11.3 Å². The second kappa shape index (κ2) is 3.83. The maximum atomic E-state index is 11.0. The number of alkyl halides is 1. The van der Waals surface area contributed by atoms with Gasteiger partial charge >= 0.3 is 0 Å². The van der Waals surface area contributed by atoms with Crippen molar-refractivity contribution in [3.63, 3.8) is 0 Å². The van der Waals surface area contributed by atoms with Gasteiger partial charge in [0.1, 0.15) is 0 Å². The molecule has 0 spiro atoms. The summed E-state index contributed by atoms with van der Waals surface area (Å²) in [7, 11) is 0. The number of thiophene rings is 1. The van der Waals surface area contributed by atoms with E-state index >= 15 is 0 Å². The number of carbonyl (C=O) groups excluding carboxylic acids is 1. The van der Waals surface area contributed by atoms with Gasteiger partial charge in [0.25, 0.3) is 0 Å². The molecule has 3 heteroatoms. The molecule has 1 nitrogen and oxygen atoms in total. The molecule has 1 aromatic heterocycles. The minimum Gasteiger partial charge on any atom is -0.298 e. The molecule has 72 valence electrons. The SMILES string of the molecule is Cc1cc(CBr)c(C=O)c2sccc12. The van der Waals surface area contributed by atoms with Gasteiger partial charge in [-0.3, -0.25) is 4.79 Å². The molecule has 0 radical (unpaired) electrons. The van der Waals surface area contributed by atoms with E-state index in [1.807, 2.05) is 5.38 Å².